The van der Waals surface area contributed by atoms with Gasteiger partial charge in [0, 0.05) is 18.4 Å². The lowest BCUT2D eigenvalue weighted by Gasteiger charge is -2.35. The van der Waals surface area contributed by atoms with Gasteiger partial charge in [-0.3, -0.25) is 4.90 Å². The van der Waals surface area contributed by atoms with Crippen molar-refractivity contribution < 1.29 is 44.2 Å². The molecule has 0 amide bonds. The van der Waals surface area contributed by atoms with E-state index >= 15 is 0 Å². The van der Waals surface area contributed by atoms with Gasteiger partial charge in [-0.1, -0.05) is 18.2 Å². The molecule has 2 aromatic carbocycles. The molecule has 1 aromatic heterocycles. The van der Waals surface area contributed by atoms with Crippen LogP contribution >= 0.6 is 0 Å². The number of nitriles is 1. The molecule has 0 fully saturated rings. The molecule has 0 saturated heterocycles. The van der Waals surface area contributed by atoms with E-state index < -0.39 is 29.4 Å². The number of benzene rings is 2. The first-order chi connectivity index (χ1) is 18.2. The van der Waals surface area contributed by atoms with Crippen molar-refractivity contribution in [3.63, 3.8) is 0 Å². The lowest BCUT2D eigenvalue weighted by atomic mass is 9.93. The summed E-state index contributed by atoms with van der Waals surface area (Å²) in [5, 5.41) is 13.6. The van der Waals surface area contributed by atoms with Crippen LogP contribution in [0, 0.1) is 11.3 Å². The predicted molar refractivity (Wildman–Crippen MR) is 137 cm³/mol. The highest BCUT2D eigenvalue weighted by molar-refractivity contribution is 5.93. The van der Waals surface area contributed by atoms with Crippen LogP contribution in [-0.2, 0) is 22.8 Å². The molecule has 212 valence electrons. The van der Waals surface area contributed by atoms with E-state index in [4.69, 9.17) is 4.74 Å². The molecule has 1 unspecified atom stereocenters. The molecule has 0 N–H and O–H groups in total. The van der Waals surface area contributed by atoms with Crippen molar-refractivity contribution in [2.45, 2.75) is 19.1 Å². The Bertz CT molecular complexity index is 1550. The van der Waals surface area contributed by atoms with Crippen molar-refractivity contribution >= 4 is 17.6 Å². The molecule has 13 heteroatoms. The number of anilines is 2. The van der Waals surface area contributed by atoms with Crippen LogP contribution in [0.4, 0.5) is 24.8 Å². The summed E-state index contributed by atoms with van der Waals surface area (Å²) in [6.45, 7) is 2.17. The summed E-state index contributed by atoms with van der Waals surface area (Å²) in [7, 11) is 7.24. The van der Waals surface area contributed by atoms with Crippen LogP contribution < -0.4 is 27.6 Å². The van der Waals surface area contributed by atoms with Crippen molar-refractivity contribution in [2.24, 2.45) is 7.05 Å². The minimum Gasteiger partial charge on any atom is -1.00 e. The van der Waals surface area contributed by atoms with Crippen LogP contribution in [0.2, 0.25) is 0 Å². The van der Waals surface area contributed by atoms with Gasteiger partial charge in [-0.15, -0.1) is 5.10 Å². The smallest absolute Gasteiger partial charge is 0.416 e. The molecular formula is C27H28BrF3N6O3. The van der Waals surface area contributed by atoms with Crippen LogP contribution in [-0.4, -0.2) is 59.1 Å². The van der Waals surface area contributed by atoms with Crippen LogP contribution in [0.15, 0.2) is 64.6 Å². The van der Waals surface area contributed by atoms with Crippen molar-refractivity contribution in [1.82, 2.24) is 14.3 Å². The van der Waals surface area contributed by atoms with Gasteiger partial charge in [0.15, 0.2) is 0 Å². The van der Waals surface area contributed by atoms with Crippen molar-refractivity contribution in [2.75, 3.05) is 39.2 Å². The highest BCUT2D eigenvalue weighted by Gasteiger charge is 2.41. The van der Waals surface area contributed by atoms with E-state index in [-0.39, 0.29) is 46.5 Å². The second-order valence-corrected chi connectivity index (χ2v) is 10.2. The monoisotopic (exact) mass is 620 g/mol. The number of allylic oxidation sites excluding steroid dienone is 1. The molecule has 9 nitrogen and oxygen atoms in total. The van der Waals surface area contributed by atoms with E-state index in [0.29, 0.717) is 22.2 Å². The molecule has 0 bridgehead atoms. The molecule has 1 aliphatic rings. The summed E-state index contributed by atoms with van der Waals surface area (Å²) in [6, 6.07) is 12.0. The van der Waals surface area contributed by atoms with Crippen LogP contribution in [0.25, 0.3) is 0 Å². The molecular weight excluding hydrogens is 593 g/mol. The Balaban J connectivity index is 0.00000441. The van der Waals surface area contributed by atoms with Gasteiger partial charge >= 0.3 is 17.8 Å². The molecule has 2 heterocycles. The number of ether oxygens (including phenoxy) is 1. The molecule has 1 aliphatic heterocycles. The van der Waals surface area contributed by atoms with E-state index in [1.54, 1.807) is 31.2 Å². The van der Waals surface area contributed by atoms with Crippen LogP contribution in [0.3, 0.4) is 0 Å². The minimum absolute atomic E-state index is 0. The van der Waals surface area contributed by atoms with E-state index in [1.807, 2.05) is 27.2 Å². The highest BCUT2D eigenvalue weighted by Crippen LogP contribution is 2.43. The largest absolute Gasteiger partial charge is 1.00 e. The number of halogens is 4. The normalized spacial score (nSPS) is 15.3. The van der Waals surface area contributed by atoms with E-state index in [0.717, 1.165) is 16.8 Å². The van der Waals surface area contributed by atoms with Gasteiger partial charge in [0.05, 0.1) is 43.9 Å². The second kappa shape index (κ2) is 11.3. The minimum atomic E-state index is -4.61. The third kappa shape index (κ3) is 5.97. The Morgan fingerprint density at radius 3 is 2.38 bits per heavy atom. The van der Waals surface area contributed by atoms with E-state index in [1.165, 1.54) is 28.6 Å². The summed E-state index contributed by atoms with van der Waals surface area (Å²) >= 11 is 0. The quantitative estimate of drug-likeness (QED) is 0.298. The lowest BCUT2D eigenvalue weighted by molar-refractivity contribution is -0.870. The van der Waals surface area contributed by atoms with Crippen molar-refractivity contribution in [3.8, 4) is 6.07 Å². The number of carbonyl (C=O) groups is 1. The maximum atomic E-state index is 13.6. The summed E-state index contributed by atoms with van der Waals surface area (Å²) in [6.07, 6.45) is -4.61. The summed E-state index contributed by atoms with van der Waals surface area (Å²) < 4.78 is 49.2. The molecule has 1 atom stereocenters. The number of hydrogen-bond acceptors (Lipinski definition) is 6. The number of rotatable bonds is 6. The third-order valence-corrected chi connectivity index (χ3v) is 6.40. The maximum absolute atomic E-state index is 13.6. The Morgan fingerprint density at radius 2 is 1.80 bits per heavy atom. The number of aryl methyl sites for hydroxylation is 1. The number of likely N-dealkylation sites (N-methyl/N-ethyl adjacent to an activating group) is 1. The van der Waals surface area contributed by atoms with Crippen LogP contribution in [0.1, 0.15) is 29.7 Å². The topological polar surface area (TPSA) is 93.1 Å². The predicted octanol–water partition coefficient (Wildman–Crippen LogP) is 0.741. The summed E-state index contributed by atoms with van der Waals surface area (Å²) in [4.78, 5) is 28.4. The number of quaternary nitrogens is 1. The fraction of sp³-hybridized carbons (Fsp3) is 0.333. The number of nitrogens with zero attached hydrogens (tertiary/aromatic N) is 6. The molecule has 0 saturated carbocycles. The molecule has 40 heavy (non-hydrogen) atoms. The maximum Gasteiger partial charge on any atom is 0.416 e. The fourth-order valence-electron chi connectivity index (χ4n) is 4.38. The first kappa shape index (κ1) is 30.6. The molecule has 0 aliphatic carbocycles. The summed E-state index contributed by atoms with van der Waals surface area (Å²) in [5.74, 6) is -0.676. The number of esters is 1. The van der Waals surface area contributed by atoms with E-state index in [9.17, 15) is 28.0 Å². The second-order valence-electron chi connectivity index (χ2n) is 10.2. The summed E-state index contributed by atoms with van der Waals surface area (Å²) in [5.41, 5.74) is -0.180. The zero-order chi connectivity index (χ0) is 28.7. The molecule has 4 rings (SSSR count). The van der Waals surface area contributed by atoms with Crippen molar-refractivity contribution in [1.29, 1.82) is 5.26 Å². The lowest BCUT2D eigenvalue weighted by Crippen LogP contribution is -3.00. The Morgan fingerprint density at radius 1 is 1.15 bits per heavy atom. The van der Waals surface area contributed by atoms with Crippen molar-refractivity contribution in [3.05, 3.63) is 87.0 Å². The van der Waals surface area contributed by atoms with Gasteiger partial charge in [0.1, 0.15) is 19.2 Å². The highest BCUT2D eigenvalue weighted by atomic mass is 79.9. The molecule has 0 radical (unpaired) electrons. The SMILES string of the molecule is CC1=C(C(=O)OCC[N+](C)(C)C)C(c2ccc(C#N)cc2)n2c(nn(C)c2=O)N1c1cccc(C(F)(F)F)c1.[Br-]. The first-order valence-electron chi connectivity index (χ1n) is 12.0. The molecule has 0 spiro atoms. The number of aromatic nitrogens is 3. The molecule has 3 aromatic rings. The zero-order valence-electron chi connectivity index (χ0n) is 22.5. The zero-order valence-corrected chi connectivity index (χ0v) is 24.1. The van der Waals surface area contributed by atoms with Crippen LogP contribution in [0.5, 0.6) is 0 Å². The van der Waals surface area contributed by atoms with Gasteiger partial charge in [-0.05, 0) is 42.8 Å². The van der Waals surface area contributed by atoms with Gasteiger partial charge in [-0.2, -0.15) is 18.4 Å². The van der Waals surface area contributed by atoms with Gasteiger partial charge in [0.2, 0.25) is 5.95 Å². The Kier molecular flexibility index (Phi) is 8.66. The number of hydrogen-bond donors (Lipinski definition) is 0. The fourth-order valence-corrected chi connectivity index (χ4v) is 4.38. The Hall–Kier alpha value is -3.89. The standard InChI is InChI=1S/C27H28F3N6O3.BrH/c1-17-22(24(37)39-14-13-36(3,4)5)23(19-11-9-18(16-31)10-12-19)35-25(32-33(2)26(35)38)34(17)21-8-6-7-20(15-21)27(28,29)30;/h6-12,15,23H,13-14H2,1-5H3;1H/q+1;/p-1. The average molecular weight is 621 g/mol. The Labute approximate surface area is 239 Å². The van der Waals surface area contributed by atoms with E-state index in [2.05, 4.69) is 5.10 Å². The van der Waals surface area contributed by atoms with Gasteiger partial charge in [-0.25, -0.2) is 18.8 Å². The first-order valence-corrected chi connectivity index (χ1v) is 12.0. The van der Waals surface area contributed by atoms with Gasteiger partial charge < -0.3 is 26.2 Å². The third-order valence-electron chi connectivity index (χ3n) is 6.40. The van der Waals surface area contributed by atoms with Gasteiger partial charge in [0.25, 0.3) is 0 Å². The number of fused-ring (bicyclic) bond motifs is 1. The average Bonchev–Trinajstić information content (AvgIpc) is 3.15. The number of carbonyl (C=O) groups excluding carboxylic acids is 1. The number of alkyl halides is 3.